The first-order valence-corrected chi connectivity index (χ1v) is 10.7. The van der Waals surface area contributed by atoms with Crippen molar-refractivity contribution in [3.8, 4) is 0 Å². The third kappa shape index (κ3) is 5.85. The summed E-state index contributed by atoms with van der Waals surface area (Å²) in [7, 11) is -7.20. The summed E-state index contributed by atoms with van der Waals surface area (Å²) in [6.07, 6.45) is 3.04. The van der Waals surface area contributed by atoms with E-state index in [0.717, 1.165) is 25.7 Å². The van der Waals surface area contributed by atoms with Crippen LogP contribution in [0.4, 0.5) is 0 Å². The number of nitrogens with one attached hydrogen (secondary N) is 2. The van der Waals surface area contributed by atoms with Gasteiger partial charge in [-0.2, -0.15) is 0 Å². The molecule has 1 aromatic rings. The zero-order valence-electron chi connectivity index (χ0n) is 12.8. The summed E-state index contributed by atoms with van der Waals surface area (Å²) >= 11 is 0. The zero-order valence-corrected chi connectivity index (χ0v) is 14.4. The molecule has 9 heteroatoms. The fourth-order valence-electron chi connectivity index (χ4n) is 2.54. The van der Waals surface area contributed by atoms with Crippen LogP contribution in [0.15, 0.2) is 35.2 Å². The van der Waals surface area contributed by atoms with Crippen LogP contribution in [0.25, 0.3) is 0 Å². The highest BCUT2D eigenvalue weighted by Gasteiger charge is 2.23. The van der Waals surface area contributed by atoms with Gasteiger partial charge >= 0.3 is 0 Å². The highest BCUT2D eigenvalue weighted by Crippen LogP contribution is 2.17. The van der Waals surface area contributed by atoms with Crippen molar-refractivity contribution in [3.63, 3.8) is 0 Å². The molecular formula is C14H23N3O4S2. The van der Waals surface area contributed by atoms with Gasteiger partial charge < -0.3 is 5.73 Å². The Hall–Kier alpha value is -1.00. The van der Waals surface area contributed by atoms with Gasteiger partial charge in [0.2, 0.25) is 20.0 Å². The van der Waals surface area contributed by atoms with E-state index in [1.54, 1.807) is 18.2 Å². The largest absolute Gasteiger partial charge is 0.328 e. The Morgan fingerprint density at radius 2 is 1.61 bits per heavy atom. The summed E-state index contributed by atoms with van der Waals surface area (Å²) in [5.74, 6) is -0.290. The second kappa shape index (κ2) is 7.71. The van der Waals surface area contributed by atoms with Gasteiger partial charge in [-0.3, -0.25) is 0 Å². The Bertz CT molecular complexity index is 697. The summed E-state index contributed by atoms with van der Waals surface area (Å²) < 4.78 is 53.0. The molecule has 1 aliphatic rings. The molecule has 130 valence electrons. The van der Waals surface area contributed by atoms with E-state index < -0.39 is 20.0 Å². The normalized spacial score (nSPS) is 22.8. The average molecular weight is 361 g/mol. The maximum Gasteiger partial charge on any atom is 0.240 e. The van der Waals surface area contributed by atoms with Crippen LogP contribution in [0, 0.1) is 0 Å². The summed E-state index contributed by atoms with van der Waals surface area (Å²) in [5, 5.41) is 0. The van der Waals surface area contributed by atoms with Gasteiger partial charge in [-0.05, 0) is 37.8 Å². The zero-order chi connectivity index (χ0) is 16.9. The summed E-state index contributed by atoms with van der Waals surface area (Å²) in [4.78, 5) is 0.117. The lowest BCUT2D eigenvalue weighted by molar-refractivity contribution is 0.373. The Morgan fingerprint density at radius 1 is 1.00 bits per heavy atom. The Labute approximate surface area is 137 Å². The van der Waals surface area contributed by atoms with E-state index in [1.807, 2.05) is 0 Å². The van der Waals surface area contributed by atoms with Crippen LogP contribution in [-0.4, -0.2) is 41.2 Å². The SMILES string of the molecule is NC1CCC(NS(=O)(=O)CCNS(=O)(=O)c2ccccc2)CC1. The number of sulfonamides is 2. The molecule has 0 bridgehead atoms. The van der Waals surface area contributed by atoms with Crippen LogP contribution in [-0.2, 0) is 20.0 Å². The molecule has 0 amide bonds. The molecule has 0 aliphatic heterocycles. The molecule has 1 aromatic carbocycles. The fourth-order valence-corrected chi connectivity index (χ4v) is 4.96. The fraction of sp³-hybridized carbons (Fsp3) is 0.571. The van der Waals surface area contributed by atoms with Gasteiger partial charge in [-0.15, -0.1) is 0 Å². The predicted molar refractivity (Wildman–Crippen MR) is 88.8 cm³/mol. The molecule has 0 saturated heterocycles. The predicted octanol–water partition coefficient (Wildman–Crippen LogP) is 0.154. The maximum atomic E-state index is 12.0. The highest BCUT2D eigenvalue weighted by molar-refractivity contribution is 7.90. The van der Waals surface area contributed by atoms with E-state index in [4.69, 9.17) is 5.73 Å². The monoisotopic (exact) mass is 361 g/mol. The van der Waals surface area contributed by atoms with Crippen molar-refractivity contribution in [2.45, 2.75) is 42.7 Å². The first kappa shape index (κ1) is 18.3. The van der Waals surface area contributed by atoms with Crippen LogP contribution in [0.3, 0.4) is 0 Å². The van der Waals surface area contributed by atoms with Crippen molar-refractivity contribution in [2.75, 3.05) is 12.3 Å². The van der Waals surface area contributed by atoms with Crippen molar-refractivity contribution in [3.05, 3.63) is 30.3 Å². The van der Waals surface area contributed by atoms with Gasteiger partial charge in [0, 0.05) is 18.6 Å². The minimum atomic E-state index is -3.68. The van der Waals surface area contributed by atoms with Gasteiger partial charge in [0.1, 0.15) is 0 Å². The van der Waals surface area contributed by atoms with Crippen molar-refractivity contribution >= 4 is 20.0 Å². The lowest BCUT2D eigenvalue weighted by Gasteiger charge is -2.26. The van der Waals surface area contributed by atoms with Crippen LogP contribution < -0.4 is 15.2 Å². The summed E-state index contributed by atoms with van der Waals surface area (Å²) in [5.41, 5.74) is 5.79. The summed E-state index contributed by atoms with van der Waals surface area (Å²) in [6.45, 7) is -0.168. The van der Waals surface area contributed by atoms with Gasteiger partial charge in [-0.1, -0.05) is 18.2 Å². The third-order valence-electron chi connectivity index (χ3n) is 3.83. The van der Waals surface area contributed by atoms with Gasteiger partial charge in [0.25, 0.3) is 0 Å². The minimum absolute atomic E-state index is 0.106. The Morgan fingerprint density at radius 3 is 2.22 bits per heavy atom. The molecule has 0 unspecified atom stereocenters. The van der Waals surface area contributed by atoms with Gasteiger partial charge in [0.15, 0.2) is 0 Å². The Kier molecular flexibility index (Phi) is 6.15. The molecule has 1 fully saturated rings. The Balaban J connectivity index is 1.83. The van der Waals surface area contributed by atoms with Crippen molar-refractivity contribution in [1.82, 2.24) is 9.44 Å². The molecule has 2 rings (SSSR count). The first-order chi connectivity index (χ1) is 10.8. The van der Waals surface area contributed by atoms with Crippen LogP contribution in [0.2, 0.25) is 0 Å². The second-order valence-electron chi connectivity index (χ2n) is 5.76. The number of rotatable bonds is 7. The van der Waals surface area contributed by atoms with Gasteiger partial charge in [0.05, 0.1) is 10.6 Å². The van der Waals surface area contributed by atoms with Crippen molar-refractivity contribution in [2.24, 2.45) is 5.73 Å². The topological polar surface area (TPSA) is 118 Å². The van der Waals surface area contributed by atoms with Crippen LogP contribution >= 0.6 is 0 Å². The standard InChI is InChI=1S/C14H23N3O4S2/c15-12-6-8-13(9-7-12)17-22(18,19)11-10-16-23(20,21)14-4-2-1-3-5-14/h1-5,12-13,16-17H,6-11,15H2. The van der Waals surface area contributed by atoms with Gasteiger partial charge in [-0.25, -0.2) is 26.3 Å². The van der Waals surface area contributed by atoms with E-state index in [2.05, 4.69) is 9.44 Å². The summed E-state index contributed by atoms with van der Waals surface area (Å²) in [6, 6.07) is 7.89. The second-order valence-corrected chi connectivity index (χ2v) is 9.40. The molecule has 23 heavy (non-hydrogen) atoms. The molecule has 0 radical (unpaired) electrons. The highest BCUT2D eigenvalue weighted by atomic mass is 32.2. The van der Waals surface area contributed by atoms with Crippen molar-refractivity contribution < 1.29 is 16.8 Å². The molecule has 1 saturated carbocycles. The number of hydrogen-bond donors (Lipinski definition) is 3. The lowest BCUT2D eigenvalue weighted by atomic mass is 9.93. The minimum Gasteiger partial charge on any atom is -0.328 e. The average Bonchev–Trinajstić information content (AvgIpc) is 2.50. The molecule has 0 aromatic heterocycles. The lowest BCUT2D eigenvalue weighted by Crippen LogP contribution is -2.43. The van der Waals surface area contributed by atoms with Crippen LogP contribution in [0.5, 0.6) is 0 Å². The molecule has 0 atom stereocenters. The van der Waals surface area contributed by atoms with E-state index >= 15 is 0 Å². The number of nitrogens with two attached hydrogens (primary N) is 1. The molecule has 0 spiro atoms. The molecule has 7 nitrogen and oxygen atoms in total. The van der Waals surface area contributed by atoms with E-state index in [9.17, 15) is 16.8 Å². The molecule has 1 aliphatic carbocycles. The van der Waals surface area contributed by atoms with Crippen LogP contribution in [0.1, 0.15) is 25.7 Å². The number of benzene rings is 1. The third-order valence-corrected chi connectivity index (χ3v) is 6.75. The molecule has 4 N–H and O–H groups in total. The quantitative estimate of drug-likeness (QED) is 0.639. The first-order valence-electron chi connectivity index (χ1n) is 7.59. The van der Waals surface area contributed by atoms with Crippen molar-refractivity contribution in [1.29, 1.82) is 0 Å². The number of hydrogen-bond acceptors (Lipinski definition) is 5. The maximum absolute atomic E-state index is 12.0. The smallest absolute Gasteiger partial charge is 0.240 e. The van der Waals surface area contributed by atoms with E-state index in [-0.39, 0.29) is 29.3 Å². The molecule has 0 heterocycles. The van der Waals surface area contributed by atoms with E-state index in [1.165, 1.54) is 12.1 Å². The van der Waals surface area contributed by atoms with E-state index in [0.29, 0.717) is 0 Å². The molecular weight excluding hydrogens is 338 g/mol.